The van der Waals surface area contributed by atoms with E-state index >= 15 is 0 Å². The second kappa shape index (κ2) is 4.30. The van der Waals surface area contributed by atoms with Crippen molar-refractivity contribution in [2.24, 2.45) is 11.7 Å². The summed E-state index contributed by atoms with van der Waals surface area (Å²) in [5.74, 6) is 1.41. The molecule has 2 nitrogen and oxygen atoms in total. The van der Waals surface area contributed by atoms with E-state index in [-0.39, 0.29) is 11.9 Å². The molecular weight excluding hydrogens is 217 g/mol. The first-order chi connectivity index (χ1) is 8.22. The largest absolute Gasteiger partial charge is 0.490 e. The van der Waals surface area contributed by atoms with Crippen molar-refractivity contribution in [2.75, 3.05) is 0 Å². The molecule has 1 saturated carbocycles. The molecule has 0 saturated heterocycles. The van der Waals surface area contributed by atoms with Gasteiger partial charge in [-0.3, -0.25) is 0 Å². The number of ether oxygens (including phenoxy) is 1. The molecule has 0 bridgehead atoms. The lowest BCUT2D eigenvalue weighted by Crippen LogP contribution is -2.25. The number of rotatable bonds is 4. The molecule has 3 heteroatoms. The van der Waals surface area contributed by atoms with Gasteiger partial charge in [-0.2, -0.15) is 0 Å². The van der Waals surface area contributed by atoms with Crippen molar-refractivity contribution in [3.8, 4) is 5.75 Å². The third-order valence-corrected chi connectivity index (χ3v) is 3.81. The van der Waals surface area contributed by atoms with Crippen LogP contribution in [0.2, 0.25) is 0 Å². The monoisotopic (exact) mass is 235 g/mol. The van der Waals surface area contributed by atoms with Crippen LogP contribution < -0.4 is 10.5 Å². The first-order valence-electron chi connectivity index (χ1n) is 6.43. The van der Waals surface area contributed by atoms with Crippen molar-refractivity contribution in [1.82, 2.24) is 0 Å². The minimum Gasteiger partial charge on any atom is -0.490 e. The quantitative estimate of drug-likeness (QED) is 0.870. The van der Waals surface area contributed by atoms with Crippen molar-refractivity contribution in [3.05, 3.63) is 29.6 Å². The van der Waals surface area contributed by atoms with Gasteiger partial charge in [0.1, 0.15) is 17.7 Å². The fourth-order valence-corrected chi connectivity index (χ4v) is 2.59. The third kappa shape index (κ3) is 2.44. The number of hydrogen-bond donors (Lipinski definition) is 1. The van der Waals surface area contributed by atoms with E-state index in [0.717, 1.165) is 36.5 Å². The lowest BCUT2D eigenvalue weighted by molar-refractivity contribution is 0.212. The Morgan fingerprint density at radius 2 is 2.24 bits per heavy atom. The van der Waals surface area contributed by atoms with Gasteiger partial charge in [0.15, 0.2) is 0 Å². The molecule has 1 aromatic rings. The first kappa shape index (κ1) is 11.0. The molecule has 0 radical (unpaired) electrons. The SMILES string of the molecule is NC(CCC1Cc2cc(F)ccc2O1)C1CC1. The van der Waals surface area contributed by atoms with Gasteiger partial charge in [0, 0.05) is 18.0 Å². The molecular formula is C14H18FNO. The molecule has 3 rings (SSSR count). The fourth-order valence-electron chi connectivity index (χ4n) is 2.59. The topological polar surface area (TPSA) is 35.2 Å². The predicted molar refractivity (Wildman–Crippen MR) is 64.5 cm³/mol. The smallest absolute Gasteiger partial charge is 0.123 e. The normalized spacial score (nSPS) is 24.2. The van der Waals surface area contributed by atoms with Crippen LogP contribution >= 0.6 is 0 Å². The van der Waals surface area contributed by atoms with Crippen LogP contribution in [0.15, 0.2) is 18.2 Å². The maximum atomic E-state index is 13.0. The number of halogens is 1. The summed E-state index contributed by atoms with van der Waals surface area (Å²) in [5.41, 5.74) is 7.07. The molecule has 2 unspecified atom stereocenters. The first-order valence-corrected chi connectivity index (χ1v) is 6.43. The summed E-state index contributed by atoms with van der Waals surface area (Å²) in [6, 6.07) is 5.10. The highest BCUT2D eigenvalue weighted by Gasteiger charge is 2.30. The molecule has 1 aliphatic carbocycles. The Labute approximate surface area is 101 Å². The molecule has 2 aliphatic rings. The van der Waals surface area contributed by atoms with Gasteiger partial charge < -0.3 is 10.5 Å². The molecule has 1 aliphatic heterocycles. The van der Waals surface area contributed by atoms with Crippen molar-refractivity contribution in [1.29, 1.82) is 0 Å². The molecule has 2 N–H and O–H groups in total. The Bertz CT molecular complexity index is 417. The molecule has 92 valence electrons. The van der Waals surface area contributed by atoms with Crippen LogP contribution in [-0.4, -0.2) is 12.1 Å². The van der Waals surface area contributed by atoms with Gasteiger partial charge in [-0.15, -0.1) is 0 Å². The highest BCUT2D eigenvalue weighted by molar-refractivity contribution is 5.37. The minimum atomic E-state index is -0.178. The van der Waals surface area contributed by atoms with E-state index < -0.39 is 0 Å². The second-order valence-electron chi connectivity index (χ2n) is 5.27. The Kier molecular flexibility index (Phi) is 2.79. The van der Waals surface area contributed by atoms with E-state index in [4.69, 9.17) is 10.5 Å². The van der Waals surface area contributed by atoms with Crippen molar-refractivity contribution in [2.45, 2.75) is 44.2 Å². The van der Waals surface area contributed by atoms with E-state index in [0.29, 0.717) is 6.04 Å². The van der Waals surface area contributed by atoms with Crippen molar-refractivity contribution < 1.29 is 9.13 Å². The maximum absolute atomic E-state index is 13.0. The highest BCUT2D eigenvalue weighted by atomic mass is 19.1. The van der Waals surface area contributed by atoms with Crippen LogP contribution in [0, 0.1) is 11.7 Å². The molecule has 0 aromatic heterocycles. The average molecular weight is 235 g/mol. The van der Waals surface area contributed by atoms with Gasteiger partial charge in [-0.1, -0.05) is 0 Å². The zero-order chi connectivity index (χ0) is 11.8. The third-order valence-electron chi connectivity index (χ3n) is 3.81. The van der Waals surface area contributed by atoms with Gasteiger partial charge >= 0.3 is 0 Å². The van der Waals surface area contributed by atoms with Gasteiger partial charge in [0.05, 0.1) is 0 Å². The molecule has 1 heterocycles. The lowest BCUT2D eigenvalue weighted by atomic mass is 10.0. The van der Waals surface area contributed by atoms with Crippen LogP contribution in [0.25, 0.3) is 0 Å². The van der Waals surface area contributed by atoms with Gasteiger partial charge in [0.2, 0.25) is 0 Å². The zero-order valence-electron chi connectivity index (χ0n) is 9.86. The summed E-state index contributed by atoms with van der Waals surface area (Å²) in [4.78, 5) is 0. The molecule has 1 aromatic carbocycles. The second-order valence-corrected chi connectivity index (χ2v) is 5.27. The number of hydrogen-bond acceptors (Lipinski definition) is 2. The maximum Gasteiger partial charge on any atom is 0.123 e. The highest BCUT2D eigenvalue weighted by Crippen LogP contribution is 2.35. The summed E-state index contributed by atoms with van der Waals surface area (Å²) in [7, 11) is 0. The number of nitrogens with two attached hydrogens (primary N) is 1. The van der Waals surface area contributed by atoms with Gasteiger partial charge in [-0.25, -0.2) is 4.39 Å². The standard InChI is InChI=1S/C14H18FNO/c15-11-3-6-14-10(7-11)8-12(17-14)4-5-13(16)9-1-2-9/h3,6-7,9,12-13H,1-2,4-5,8,16H2. The molecule has 0 spiro atoms. The van der Waals surface area contributed by atoms with Crippen molar-refractivity contribution >= 4 is 0 Å². The minimum absolute atomic E-state index is 0.178. The van der Waals surface area contributed by atoms with Crippen LogP contribution in [0.5, 0.6) is 5.75 Å². The summed E-state index contributed by atoms with van der Waals surface area (Å²) in [6.07, 6.45) is 5.59. The zero-order valence-corrected chi connectivity index (χ0v) is 9.86. The summed E-state index contributed by atoms with van der Waals surface area (Å²) in [5, 5.41) is 0. The van der Waals surface area contributed by atoms with E-state index in [1.54, 1.807) is 12.1 Å². The molecule has 0 amide bonds. The Morgan fingerprint density at radius 3 is 3.00 bits per heavy atom. The van der Waals surface area contributed by atoms with E-state index in [2.05, 4.69) is 0 Å². The number of fused-ring (bicyclic) bond motifs is 1. The molecule has 1 fully saturated rings. The Morgan fingerprint density at radius 1 is 1.41 bits per heavy atom. The number of benzene rings is 1. The Hall–Kier alpha value is -1.09. The predicted octanol–water partition coefficient (Wildman–Crippen LogP) is 2.65. The van der Waals surface area contributed by atoms with E-state index in [9.17, 15) is 4.39 Å². The van der Waals surface area contributed by atoms with Gasteiger partial charge in [0.25, 0.3) is 0 Å². The van der Waals surface area contributed by atoms with Gasteiger partial charge in [-0.05, 0) is 49.8 Å². The summed E-state index contributed by atoms with van der Waals surface area (Å²) < 4.78 is 18.8. The van der Waals surface area contributed by atoms with Crippen LogP contribution in [-0.2, 0) is 6.42 Å². The average Bonchev–Trinajstić information content (AvgIpc) is 3.07. The Balaban J connectivity index is 1.54. The molecule has 17 heavy (non-hydrogen) atoms. The summed E-state index contributed by atoms with van der Waals surface area (Å²) in [6.45, 7) is 0. The lowest BCUT2D eigenvalue weighted by Gasteiger charge is -2.14. The summed E-state index contributed by atoms with van der Waals surface area (Å²) >= 11 is 0. The fraction of sp³-hybridized carbons (Fsp3) is 0.571. The van der Waals surface area contributed by atoms with Crippen LogP contribution in [0.4, 0.5) is 4.39 Å². The van der Waals surface area contributed by atoms with E-state index in [1.807, 2.05) is 0 Å². The van der Waals surface area contributed by atoms with Crippen molar-refractivity contribution in [3.63, 3.8) is 0 Å². The van der Waals surface area contributed by atoms with Crippen LogP contribution in [0.3, 0.4) is 0 Å². The molecule has 2 atom stereocenters. The van der Waals surface area contributed by atoms with E-state index in [1.165, 1.54) is 18.9 Å². The van der Waals surface area contributed by atoms with Crippen LogP contribution in [0.1, 0.15) is 31.2 Å².